The Hall–Kier alpha value is -2.14. The van der Waals surface area contributed by atoms with Gasteiger partial charge in [0.2, 0.25) is 0 Å². The van der Waals surface area contributed by atoms with Crippen LogP contribution in [0.2, 0.25) is 10.0 Å². The number of rotatable bonds is 4. The first-order chi connectivity index (χ1) is 13.6. The topological polar surface area (TPSA) is 59.4 Å². The van der Waals surface area contributed by atoms with E-state index in [4.69, 9.17) is 27.9 Å². The number of ether oxygens (including phenoxy) is 1. The van der Waals surface area contributed by atoms with Crippen LogP contribution < -0.4 is 0 Å². The highest BCUT2D eigenvalue weighted by Crippen LogP contribution is 2.40. The van der Waals surface area contributed by atoms with Crippen LogP contribution in [0.5, 0.6) is 0 Å². The second-order valence-electron chi connectivity index (χ2n) is 8.04. The predicted octanol–water partition coefficient (Wildman–Crippen LogP) is 6.14. The lowest BCUT2D eigenvalue weighted by Gasteiger charge is -2.22. The van der Waals surface area contributed by atoms with E-state index in [0.29, 0.717) is 15.6 Å². The summed E-state index contributed by atoms with van der Waals surface area (Å²) < 4.78 is 5.33. The third kappa shape index (κ3) is 4.72. The maximum atomic E-state index is 12.1. The molecule has 2 aromatic carbocycles. The number of pyridine rings is 1. The summed E-state index contributed by atoms with van der Waals surface area (Å²) in [5.41, 5.74) is 3.01. The van der Waals surface area contributed by atoms with Crippen molar-refractivity contribution in [3.05, 3.63) is 63.8 Å². The minimum Gasteiger partial charge on any atom is -0.462 e. The summed E-state index contributed by atoms with van der Waals surface area (Å²) in [5, 5.41) is 12.7. The highest BCUT2D eigenvalue weighted by Gasteiger charge is 2.26. The van der Waals surface area contributed by atoms with Crippen molar-refractivity contribution in [2.45, 2.75) is 33.8 Å². The van der Waals surface area contributed by atoms with Crippen molar-refractivity contribution in [2.24, 2.45) is 5.41 Å². The molecule has 0 saturated carbocycles. The van der Waals surface area contributed by atoms with E-state index in [1.807, 2.05) is 31.2 Å². The Morgan fingerprint density at radius 2 is 1.79 bits per heavy atom. The van der Waals surface area contributed by atoms with Crippen LogP contribution in [0.4, 0.5) is 0 Å². The first kappa shape index (κ1) is 21.6. The predicted molar refractivity (Wildman–Crippen MR) is 117 cm³/mol. The number of aromatic nitrogens is 1. The average Bonchev–Trinajstić information content (AvgIpc) is 2.64. The molecule has 0 amide bonds. The maximum absolute atomic E-state index is 12.1. The number of fused-ring (bicyclic) bond motifs is 1. The standard InChI is InChI=1S/C23H23Cl2NO3/c1-13-5-10-16-18(26-13)11-17(25)21(19(27)12-29-22(28)23(2,3)4)20(16)14-6-8-15(24)9-7-14/h5-11,19,27H,12H2,1-4H3. The van der Waals surface area contributed by atoms with Gasteiger partial charge >= 0.3 is 5.97 Å². The molecule has 0 bridgehead atoms. The molecule has 4 nitrogen and oxygen atoms in total. The molecule has 29 heavy (non-hydrogen) atoms. The van der Waals surface area contributed by atoms with Crippen molar-refractivity contribution in [3.63, 3.8) is 0 Å². The number of benzene rings is 2. The fraction of sp³-hybridized carbons (Fsp3) is 0.304. The van der Waals surface area contributed by atoms with Crippen LogP contribution >= 0.6 is 23.2 Å². The Bertz CT molecular complexity index is 1060. The monoisotopic (exact) mass is 431 g/mol. The summed E-state index contributed by atoms with van der Waals surface area (Å²) in [6.45, 7) is 7.00. The summed E-state index contributed by atoms with van der Waals surface area (Å²) in [4.78, 5) is 16.7. The zero-order valence-electron chi connectivity index (χ0n) is 16.8. The van der Waals surface area contributed by atoms with Gasteiger partial charge in [0.05, 0.1) is 10.9 Å². The molecule has 0 aliphatic rings. The summed E-state index contributed by atoms with van der Waals surface area (Å²) in [7, 11) is 0. The summed E-state index contributed by atoms with van der Waals surface area (Å²) in [5.74, 6) is -0.390. The van der Waals surface area contributed by atoms with Gasteiger partial charge in [-0.1, -0.05) is 41.4 Å². The van der Waals surface area contributed by atoms with Gasteiger partial charge in [-0.15, -0.1) is 0 Å². The van der Waals surface area contributed by atoms with E-state index in [0.717, 1.165) is 27.7 Å². The number of carbonyl (C=O) groups is 1. The third-order valence-corrected chi connectivity index (χ3v) is 5.14. The fourth-order valence-corrected chi connectivity index (χ4v) is 3.52. The van der Waals surface area contributed by atoms with Crippen molar-refractivity contribution in [2.75, 3.05) is 6.61 Å². The molecule has 1 N–H and O–H groups in total. The molecule has 0 aliphatic carbocycles. The van der Waals surface area contributed by atoms with E-state index < -0.39 is 17.5 Å². The van der Waals surface area contributed by atoms with Crippen molar-refractivity contribution >= 4 is 40.1 Å². The Morgan fingerprint density at radius 1 is 1.14 bits per heavy atom. The van der Waals surface area contributed by atoms with Gasteiger partial charge in [-0.25, -0.2) is 0 Å². The SMILES string of the molecule is Cc1ccc2c(-c3ccc(Cl)cc3)c(C(O)COC(=O)C(C)(C)C)c(Cl)cc2n1. The number of carbonyl (C=O) groups excluding carboxylic acids is 1. The van der Waals surface area contributed by atoms with Gasteiger partial charge in [-0.05, 0) is 63.1 Å². The number of halogens is 2. The van der Waals surface area contributed by atoms with Crippen LogP contribution in [0.15, 0.2) is 42.5 Å². The zero-order chi connectivity index (χ0) is 21.3. The molecule has 3 aromatic rings. The van der Waals surface area contributed by atoms with Gasteiger partial charge in [0.25, 0.3) is 0 Å². The largest absolute Gasteiger partial charge is 0.462 e. The summed E-state index contributed by atoms with van der Waals surface area (Å²) in [6, 6.07) is 12.9. The number of nitrogens with zero attached hydrogens (tertiary/aromatic N) is 1. The van der Waals surface area contributed by atoms with Gasteiger partial charge < -0.3 is 9.84 Å². The van der Waals surface area contributed by atoms with Crippen LogP contribution in [-0.2, 0) is 9.53 Å². The summed E-state index contributed by atoms with van der Waals surface area (Å²) >= 11 is 12.6. The molecular weight excluding hydrogens is 409 g/mol. The molecular formula is C23H23Cl2NO3. The average molecular weight is 432 g/mol. The lowest BCUT2D eigenvalue weighted by molar-refractivity contribution is -0.156. The first-order valence-electron chi connectivity index (χ1n) is 9.29. The fourth-order valence-electron chi connectivity index (χ4n) is 3.07. The second-order valence-corrected chi connectivity index (χ2v) is 8.88. The molecule has 0 saturated heterocycles. The van der Waals surface area contributed by atoms with E-state index in [-0.39, 0.29) is 6.61 Å². The van der Waals surface area contributed by atoms with Crippen molar-refractivity contribution in [1.29, 1.82) is 0 Å². The van der Waals surface area contributed by atoms with E-state index >= 15 is 0 Å². The van der Waals surface area contributed by atoms with E-state index in [1.54, 1.807) is 39.0 Å². The molecule has 1 heterocycles. The van der Waals surface area contributed by atoms with Crippen molar-refractivity contribution in [3.8, 4) is 11.1 Å². The number of esters is 1. The molecule has 3 rings (SSSR count). The highest BCUT2D eigenvalue weighted by atomic mass is 35.5. The number of aryl methyl sites for hydroxylation is 1. The molecule has 0 fully saturated rings. The highest BCUT2D eigenvalue weighted by molar-refractivity contribution is 6.33. The lowest BCUT2D eigenvalue weighted by Crippen LogP contribution is -2.25. The molecule has 0 spiro atoms. The molecule has 6 heteroatoms. The summed E-state index contributed by atoms with van der Waals surface area (Å²) in [6.07, 6.45) is -1.09. The Morgan fingerprint density at radius 3 is 2.41 bits per heavy atom. The van der Waals surface area contributed by atoms with Gasteiger partial charge in [0.15, 0.2) is 0 Å². The van der Waals surface area contributed by atoms with Crippen LogP contribution in [-0.4, -0.2) is 22.7 Å². The van der Waals surface area contributed by atoms with E-state index in [2.05, 4.69) is 4.98 Å². The number of aliphatic hydroxyl groups excluding tert-OH is 1. The molecule has 1 atom stereocenters. The van der Waals surface area contributed by atoms with Crippen LogP contribution in [0.1, 0.15) is 38.1 Å². The van der Waals surface area contributed by atoms with Crippen LogP contribution in [0.3, 0.4) is 0 Å². The van der Waals surface area contributed by atoms with Gasteiger partial charge in [0, 0.05) is 26.7 Å². The minimum atomic E-state index is -1.09. The smallest absolute Gasteiger partial charge is 0.311 e. The molecule has 1 unspecified atom stereocenters. The van der Waals surface area contributed by atoms with Gasteiger partial charge in [-0.3, -0.25) is 9.78 Å². The van der Waals surface area contributed by atoms with Crippen molar-refractivity contribution in [1.82, 2.24) is 4.98 Å². The Balaban J connectivity index is 2.14. The minimum absolute atomic E-state index is 0.193. The molecule has 152 valence electrons. The second kappa shape index (κ2) is 8.31. The first-order valence-corrected chi connectivity index (χ1v) is 10.0. The number of hydrogen-bond donors (Lipinski definition) is 1. The normalized spacial score (nSPS) is 12.8. The van der Waals surface area contributed by atoms with Crippen molar-refractivity contribution < 1.29 is 14.6 Å². The maximum Gasteiger partial charge on any atom is 0.311 e. The quantitative estimate of drug-likeness (QED) is 0.503. The van der Waals surface area contributed by atoms with E-state index in [1.165, 1.54) is 0 Å². The number of aliphatic hydroxyl groups is 1. The van der Waals surface area contributed by atoms with E-state index in [9.17, 15) is 9.90 Å². The van der Waals surface area contributed by atoms with Gasteiger partial charge in [0.1, 0.15) is 12.7 Å². The lowest BCUT2D eigenvalue weighted by atomic mass is 9.92. The molecule has 0 radical (unpaired) electrons. The Kier molecular flexibility index (Phi) is 6.18. The molecule has 1 aromatic heterocycles. The van der Waals surface area contributed by atoms with Crippen LogP contribution in [0.25, 0.3) is 22.0 Å². The number of hydrogen-bond acceptors (Lipinski definition) is 4. The van der Waals surface area contributed by atoms with Crippen LogP contribution in [0, 0.1) is 12.3 Å². The molecule has 0 aliphatic heterocycles. The zero-order valence-corrected chi connectivity index (χ0v) is 18.3. The Labute approximate surface area is 180 Å². The van der Waals surface area contributed by atoms with Gasteiger partial charge in [-0.2, -0.15) is 0 Å². The third-order valence-electron chi connectivity index (χ3n) is 4.57.